The zero-order valence-electron chi connectivity index (χ0n) is 27.7. The molecule has 5 aromatic rings. The summed E-state index contributed by atoms with van der Waals surface area (Å²) in [4.78, 5) is 2.45. The van der Waals surface area contributed by atoms with Crippen LogP contribution in [0.3, 0.4) is 0 Å². The Morgan fingerprint density at radius 1 is 0.612 bits per heavy atom. The molecule has 2 nitrogen and oxygen atoms in total. The quantitative estimate of drug-likeness (QED) is 0.184. The van der Waals surface area contributed by atoms with Crippen LogP contribution in [0.15, 0.2) is 193 Å². The van der Waals surface area contributed by atoms with Crippen molar-refractivity contribution in [2.45, 2.75) is 25.0 Å². The molecule has 5 aromatic carbocycles. The summed E-state index contributed by atoms with van der Waals surface area (Å²) < 4.78 is 7.31. The van der Waals surface area contributed by atoms with Gasteiger partial charge in [-0.15, -0.1) is 0 Å². The second-order valence-corrected chi connectivity index (χ2v) is 13.7. The van der Waals surface area contributed by atoms with Crippen LogP contribution in [0.25, 0.3) is 27.8 Å². The highest BCUT2D eigenvalue weighted by molar-refractivity contribution is 5.85. The molecule has 4 unspecified atom stereocenters. The molecule has 0 aromatic heterocycles. The molecule has 2 heteroatoms. The van der Waals surface area contributed by atoms with Gasteiger partial charge in [0.05, 0.1) is 11.7 Å². The van der Waals surface area contributed by atoms with Gasteiger partial charge < -0.3 is 9.64 Å². The Hall–Kier alpha value is -5.44. The summed E-state index contributed by atoms with van der Waals surface area (Å²) >= 11 is 0. The highest BCUT2D eigenvalue weighted by Crippen LogP contribution is 2.57. The summed E-state index contributed by atoms with van der Waals surface area (Å²) in [6, 6.07) is 50.2. The molecule has 3 aliphatic carbocycles. The SMILES string of the molecule is C[C@@]12CC=CC(N(c3ccccc3)c3cccc(-c4ccccc4)c3)=C1C1C=C(c3ccccc3-c3ccccc3)C3C=CC=CC3C1O2. The number of rotatable bonds is 6. The molecule has 4 aliphatic rings. The molecule has 1 saturated heterocycles. The van der Waals surface area contributed by atoms with Crippen LogP contribution in [0, 0.1) is 17.8 Å². The Bertz CT molecular complexity index is 2160. The fourth-order valence-electron chi connectivity index (χ4n) is 8.62. The Balaban J connectivity index is 1.26. The maximum Gasteiger partial charge on any atom is 0.0932 e. The topological polar surface area (TPSA) is 12.5 Å². The largest absolute Gasteiger partial charge is 0.366 e. The zero-order valence-corrected chi connectivity index (χ0v) is 27.7. The van der Waals surface area contributed by atoms with Crippen molar-refractivity contribution in [3.05, 3.63) is 199 Å². The van der Waals surface area contributed by atoms with E-state index in [0.717, 1.165) is 17.8 Å². The maximum absolute atomic E-state index is 7.31. The molecular formula is C47H39NO. The van der Waals surface area contributed by atoms with Crippen LogP contribution in [0.4, 0.5) is 11.4 Å². The molecule has 0 radical (unpaired) electrons. The number of para-hydroxylation sites is 1. The van der Waals surface area contributed by atoms with Crippen molar-refractivity contribution in [1.29, 1.82) is 0 Å². The molecule has 5 atom stereocenters. The van der Waals surface area contributed by atoms with E-state index in [-0.39, 0.29) is 23.9 Å². The summed E-state index contributed by atoms with van der Waals surface area (Å²) in [6.07, 6.45) is 17.3. The lowest BCUT2D eigenvalue weighted by Crippen LogP contribution is -2.36. The minimum absolute atomic E-state index is 0.0435. The second kappa shape index (κ2) is 12.2. The molecule has 1 aliphatic heterocycles. The second-order valence-electron chi connectivity index (χ2n) is 13.7. The molecular weight excluding hydrogens is 595 g/mol. The first-order valence-electron chi connectivity index (χ1n) is 17.5. The molecule has 0 bridgehead atoms. The molecule has 9 rings (SSSR count). The van der Waals surface area contributed by atoms with E-state index < -0.39 is 5.60 Å². The van der Waals surface area contributed by atoms with E-state index in [9.17, 15) is 0 Å². The summed E-state index contributed by atoms with van der Waals surface area (Å²) in [5.41, 5.74) is 12.1. The highest BCUT2D eigenvalue weighted by atomic mass is 16.5. The zero-order chi connectivity index (χ0) is 32.8. The first-order chi connectivity index (χ1) is 24.2. The fourth-order valence-corrected chi connectivity index (χ4v) is 8.62. The number of benzene rings is 5. The first-order valence-corrected chi connectivity index (χ1v) is 17.5. The van der Waals surface area contributed by atoms with Gasteiger partial charge in [-0.3, -0.25) is 0 Å². The number of anilines is 2. The molecule has 0 spiro atoms. The van der Waals surface area contributed by atoms with Crippen LogP contribution in [0.5, 0.6) is 0 Å². The van der Waals surface area contributed by atoms with E-state index in [0.29, 0.717) is 0 Å². The lowest BCUT2D eigenvalue weighted by Gasteiger charge is -2.39. The van der Waals surface area contributed by atoms with E-state index >= 15 is 0 Å². The summed E-state index contributed by atoms with van der Waals surface area (Å²) in [6.45, 7) is 2.32. The van der Waals surface area contributed by atoms with Crippen molar-refractivity contribution in [2.24, 2.45) is 17.8 Å². The van der Waals surface area contributed by atoms with Crippen molar-refractivity contribution >= 4 is 16.9 Å². The van der Waals surface area contributed by atoms with Gasteiger partial charge in [-0.05, 0) is 82.6 Å². The number of hydrogen-bond acceptors (Lipinski definition) is 2. The molecule has 0 amide bonds. The number of ether oxygens (including phenoxy) is 1. The molecule has 0 saturated carbocycles. The molecule has 238 valence electrons. The average Bonchev–Trinajstić information content (AvgIpc) is 3.49. The Morgan fingerprint density at radius 2 is 1.24 bits per heavy atom. The van der Waals surface area contributed by atoms with Crippen LogP contribution in [0.2, 0.25) is 0 Å². The van der Waals surface area contributed by atoms with Crippen LogP contribution in [-0.2, 0) is 4.74 Å². The minimum Gasteiger partial charge on any atom is -0.366 e. The number of allylic oxidation sites excluding steroid dienone is 5. The third kappa shape index (κ3) is 5.15. The summed E-state index contributed by atoms with van der Waals surface area (Å²) in [5.74, 6) is 0.593. The van der Waals surface area contributed by atoms with Crippen molar-refractivity contribution in [3.63, 3.8) is 0 Å². The average molecular weight is 634 g/mol. The van der Waals surface area contributed by atoms with E-state index in [4.69, 9.17) is 4.74 Å². The maximum atomic E-state index is 7.31. The van der Waals surface area contributed by atoms with Crippen molar-refractivity contribution in [1.82, 2.24) is 0 Å². The van der Waals surface area contributed by atoms with Gasteiger partial charge in [0.2, 0.25) is 0 Å². The molecule has 49 heavy (non-hydrogen) atoms. The number of nitrogens with zero attached hydrogens (tertiary/aromatic N) is 1. The van der Waals surface area contributed by atoms with E-state index in [1.54, 1.807) is 0 Å². The molecule has 1 fully saturated rings. The summed E-state index contributed by atoms with van der Waals surface area (Å²) in [5, 5.41) is 0. The van der Waals surface area contributed by atoms with Gasteiger partial charge in [0, 0.05) is 34.8 Å². The minimum atomic E-state index is -0.423. The lowest BCUT2D eigenvalue weighted by molar-refractivity contribution is -0.0437. The Kier molecular flexibility index (Phi) is 7.40. The van der Waals surface area contributed by atoms with Crippen molar-refractivity contribution < 1.29 is 4.74 Å². The van der Waals surface area contributed by atoms with Crippen LogP contribution >= 0.6 is 0 Å². The number of hydrogen-bond donors (Lipinski definition) is 0. The van der Waals surface area contributed by atoms with E-state index in [1.807, 2.05) is 0 Å². The smallest absolute Gasteiger partial charge is 0.0932 e. The van der Waals surface area contributed by atoms with E-state index in [2.05, 4.69) is 194 Å². The van der Waals surface area contributed by atoms with Gasteiger partial charge in [-0.2, -0.15) is 0 Å². The predicted octanol–water partition coefficient (Wildman–Crippen LogP) is 11.6. The summed E-state index contributed by atoms with van der Waals surface area (Å²) in [7, 11) is 0. The van der Waals surface area contributed by atoms with Gasteiger partial charge >= 0.3 is 0 Å². The van der Waals surface area contributed by atoms with Crippen LogP contribution < -0.4 is 4.90 Å². The van der Waals surface area contributed by atoms with Crippen molar-refractivity contribution in [3.8, 4) is 22.3 Å². The van der Waals surface area contributed by atoms with Gasteiger partial charge in [-0.25, -0.2) is 0 Å². The molecule has 1 heterocycles. The van der Waals surface area contributed by atoms with Gasteiger partial charge in [0.1, 0.15) is 0 Å². The first kappa shape index (κ1) is 29.7. The Morgan fingerprint density at radius 3 is 2.02 bits per heavy atom. The predicted molar refractivity (Wildman–Crippen MR) is 203 cm³/mol. The van der Waals surface area contributed by atoms with Crippen LogP contribution in [0.1, 0.15) is 18.9 Å². The van der Waals surface area contributed by atoms with Gasteiger partial charge in [0.15, 0.2) is 0 Å². The van der Waals surface area contributed by atoms with Gasteiger partial charge in [-0.1, -0.05) is 152 Å². The third-order valence-corrected chi connectivity index (χ3v) is 10.8. The Labute approximate surface area is 289 Å². The standard InChI is InChI=1S/C47H39NO/c1-47-30-16-29-44(48(36-22-9-4-10-23-36)37-24-15-21-35(31-37)33-17-5-2-6-18-33)45(47)43-32-42(40-27-13-14-28-41(40)46(43)49-47)39-26-12-11-25-38(39)34-19-7-3-8-20-34/h2-29,31-32,40-41,43,46H,30H2,1H3/t40?,41?,43?,46?,47-/m1/s1. The van der Waals surface area contributed by atoms with E-state index in [1.165, 1.54) is 44.7 Å². The van der Waals surface area contributed by atoms with Crippen molar-refractivity contribution in [2.75, 3.05) is 4.90 Å². The van der Waals surface area contributed by atoms with Gasteiger partial charge in [0.25, 0.3) is 0 Å². The lowest BCUT2D eigenvalue weighted by atomic mass is 9.66. The normalized spacial score (nSPS) is 25.0. The number of fused-ring (bicyclic) bond motifs is 5. The van der Waals surface area contributed by atoms with Crippen LogP contribution in [-0.4, -0.2) is 11.7 Å². The highest BCUT2D eigenvalue weighted by Gasteiger charge is 2.55. The monoisotopic (exact) mass is 633 g/mol. The molecule has 0 N–H and O–H groups in total. The third-order valence-electron chi connectivity index (χ3n) is 10.8. The fraction of sp³-hybridized carbons (Fsp3) is 0.149.